The van der Waals surface area contributed by atoms with E-state index in [1.165, 1.54) is 6.20 Å². The second-order valence-corrected chi connectivity index (χ2v) is 5.39. The summed E-state index contributed by atoms with van der Waals surface area (Å²) in [4.78, 5) is 35.5. The number of carbonyl (C=O) groups excluding carboxylic acids is 2. The molecule has 0 aliphatic rings. The van der Waals surface area contributed by atoms with Crippen molar-refractivity contribution in [1.82, 2.24) is 15.0 Å². The van der Waals surface area contributed by atoms with Gasteiger partial charge < -0.3 is 15.0 Å². The Morgan fingerprint density at radius 2 is 2.17 bits per heavy atom. The summed E-state index contributed by atoms with van der Waals surface area (Å²) in [6.45, 7) is 3.99. The maximum Gasteiger partial charge on any atom is 0.358 e. The first-order valence-corrected chi connectivity index (χ1v) is 8.12. The number of aryl methyl sites for hydroxylation is 1. The van der Waals surface area contributed by atoms with Crippen molar-refractivity contribution in [2.24, 2.45) is 0 Å². The van der Waals surface area contributed by atoms with E-state index in [0.29, 0.717) is 12.2 Å². The number of aromatic amines is 1. The van der Waals surface area contributed by atoms with Crippen LogP contribution < -0.4 is 5.32 Å². The number of hydrogen-bond donors (Lipinski definition) is 2. The van der Waals surface area contributed by atoms with Crippen LogP contribution >= 0.6 is 11.6 Å². The molecule has 2 heterocycles. The molecule has 0 unspecified atom stereocenters. The molecule has 0 spiro atoms. The van der Waals surface area contributed by atoms with Crippen molar-refractivity contribution in [3.8, 4) is 0 Å². The van der Waals surface area contributed by atoms with E-state index < -0.39 is 11.9 Å². The van der Waals surface area contributed by atoms with E-state index in [9.17, 15) is 9.59 Å². The van der Waals surface area contributed by atoms with Crippen LogP contribution in [0.25, 0.3) is 0 Å². The molecular weight excluding hydrogens is 332 g/mol. The molecule has 8 heteroatoms. The molecule has 0 radical (unpaired) electrons. The van der Waals surface area contributed by atoms with E-state index in [4.69, 9.17) is 16.3 Å². The number of nitrogens with one attached hydrogen (secondary N) is 2. The number of halogens is 1. The zero-order chi connectivity index (χ0) is 17.5. The minimum atomic E-state index is -0.569. The quantitative estimate of drug-likeness (QED) is 0.590. The fraction of sp³-hybridized carbons (Fsp3) is 0.375. The molecule has 2 N–H and O–H groups in total. The van der Waals surface area contributed by atoms with Crippen LogP contribution in [-0.2, 0) is 11.2 Å². The van der Waals surface area contributed by atoms with E-state index in [2.05, 4.69) is 27.2 Å². The maximum absolute atomic E-state index is 12.3. The molecule has 0 bridgehead atoms. The zero-order valence-corrected chi connectivity index (χ0v) is 14.3. The number of rotatable bonds is 7. The van der Waals surface area contributed by atoms with Crippen LogP contribution in [0.1, 0.15) is 53.4 Å². The lowest BCUT2D eigenvalue weighted by molar-refractivity contribution is 0.0521. The van der Waals surface area contributed by atoms with Gasteiger partial charge in [-0.3, -0.25) is 4.79 Å². The molecule has 0 saturated carbocycles. The lowest BCUT2D eigenvalue weighted by Crippen LogP contribution is -2.16. The Kier molecular flexibility index (Phi) is 6.31. The summed E-state index contributed by atoms with van der Waals surface area (Å²) in [6, 6.07) is 3.14. The number of aromatic nitrogens is 3. The normalized spacial score (nSPS) is 10.5. The highest BCUT2D eigenvalue weighted by Gasteiger charge is 2.21. The highest BCUT2D eigenvalue weighted by Crippen LogP contribution is 2.18. The molecule has 1 amide bonds. The molecule has 0 aliphatic heterocycles. The zero-order valence-electron chi connectivity index (χ0n) is 13.6. The fourth-order valence-corrected chi connectivity index (χ4v) is 2.26. The molecule has 0 atom stereocenters. The molecule has 7 nitrogen and oxygen atoms in total. The molecule has 2 aromatic heterocycles. The van der Waals surface area contributed by atoms with Gasteiger partial charge in [-0.15, -0.1) is 0 Å². The van der Waals surface area contributed by atoms with Gasteiger partial charge in [-0.25, -0.2) is 14.8 Å². The SMILES string of the molecule is CCCCc1nc(NC(=O)c2cccnc2Cl)c(C(=O)OCC)[nH]1. The van der Waals surface area contributed by atoms with Crippen LogP contribution in [0.5, 0.6) is 0 Å². The number of pyridine rings is 1. The number of imidazole rings is 1. The van der Waals surface area contributed by atoms with Crippen LogP contribution in [0.3, 0.4) is 0 Å². The minimum Gasteiger partial charge on any atom is -0.461 e. The van der Waals surface area contributed by atoms with Gasteiger partial charge in [-0.2, -0.15) is 0 Å². The van der Waals surface area contributed by atoms with Crippen LogP contribution in [0.4, 0.5) is 5.82 Å². The van der Waals surface area contributed by atoms with Gasteiger partial charge in [0.05, 0.1) is 12.2 Å². The number of ether oxygens (including phenoxy) is 1. The summed E-state index contributed by atoms with van der Waals surface area (Å²) in [7, 11) is 0. The number of H-pyrrole nitrogens is 1. The monoisotopic (exact) mass is 350 g/mol. The van der Waals surface area contributed by atoms with E-state index in [1.54, 1.807) is 19.1 Å². The van der Waals surface area contributed by atoms with Crippen molar-refractivity contribution in [3.05, 3.63) is 40.6 Å². The van der Waals surface area contributed by atoms with E-state index in [-0.39, 0.29) is 28.8 Å². The number of nitrogens with zero attached hydrogens (tertiary/aromatic N) is 2. The van der Waals surface area contributed by atoms with Gasteiger partial charge in [0.25, 0.3) is 5.91 Å². The van der Waals surface area contributed by atoms with Crippen LogP contribution in [0, 0.1) is 0 Å². The van der Waals surface area contributed by atoms with Gasteiger partial charge in [0, 0.05) is 12.6 Å². The average molecular weight is 351 g/mol. The van der Waals surface area contributed by atoms with Crippen LogP contribution in [0.2, 0.25) is 5.15 Å². The molecule has 128 valence electrons. The predicted octanol–water partition coefficient (Wildman–Crippen LogP) is 3.23. The average Bonchev–Trinajstić information content (AvgIpc) is 2.96. The standard InChI is InChI=1S/C16H19ClN4O3/c1-3-5-8-11-19-12(16(23)24-4-2)14(20-11)21-15(22)10-7-6-9-18-13(10)17/h6-7,9H,3-5,8H2,1-2H3,(H,19,20)(H,21,22). The summed E-state index contributed by atoms with van der Waals surface area (Å²) in [6.07, 6.45) is 4.06. The van der Waals surface area contributed by atoms with Crippen molar-refractivity contribution < 1.29 is 14.3 Å². The third kappa shape index (κ3) is 4.32. The van der Waals surface area contributed by atoms with E-state index in [0.717, 1.165) is 12.8 Å². The van der Waals surface area contributed by atoms with E-state index in [1.807, 2.05) is 0 Å². The van der Waals surface area contributed by atoms with Crippen LogP contribution in [0.15, 0.2) is 18.3 Å². The number of amides is 1. The molecule has 2 rings (SSSR count). The van der Waals surface area contributed by atoms with Gasteiger partial charge in [0.15, 0.2) is 11.5 Å². The number of esters is 1. The molecule has 2 aromatic rings. The molecule has 0 aliphatic carbocycles. The Hall–Kier alpha value is -2.41. The first-order valence-electron chi connectivity index (χ1n) is 7.74. The third-order valence-corrected chi connectivity index (χ3v) is 3.54. The number of hydrogen-bond acceptors (Lipinski definition) is 5. The lowest BCUT2D eigenvalue weighted by Gasteiger charge is -2.05. The van der Waals surface area contributed by atoms with Gasteiger partial charge in [0.2, 0.25) is 0 Å². The topological polar surface area (TPSA) is 97.0 Å². The van der Waals surface area contributed by atoms with Crippen molar-refractivity contribution >= 4 is 29.3 Å². The van der Waals surface area contributed by atoms with Crippen LogP contribution in [-0.4, -0.2) is 33.4 Å². The van der Waals surface area contributed by atoms with Crippen molar-refractivity contribution in [2.75, 3.05) is 11.9 Å². The highest BCUT2D eigenvalue weighted by atomic mass is 35.5. The summed E-state index contributed by atoms with van der Waals surface area (Å²) in [5, 5.41) is 2.68. The summed E-state index contributed by atoms with van der Waals surface area (Å²) in [5.74, 6) is -0.315. The molecule has 0 fully saturated rings. The first-order chi connectivity index (χ1) is 11.6. The Balaban J connectivity index is 2.26. The number of unbranched alkanes of at least 4 members (excludes halogenated alkanes) is 1. The molecule has 24 heavy (non-hydrogen) atoms. The Labute approximate surface area is 144 Å². The summed E-state index contributed by atoms with van der Waals surface area (Å²) in [5.41, 5.74) is 0.323. The largest absolute Gasteiger partial charge is 0.461 e. The summed E-state index contributed by atoms with van der Waals surface area (Å²) >= 11 is 5.92. The number of anilines is 1. The highest BCUT2D eigenvalue weighted by molar-refractivity contribution is 6.33. The van der Waals surface area contributed by atoms with Crippen molar-refractivity contribution in [1.29, 1.82) is 0 Å². The Morgan fingerprint density at radius 3 is 2.83 bits per heavy atom. The number of carbonyl (C=O) groups is 2. The van der Waals surface area contributed by atoms with Gasteiger partial charge in [0.1, 0.15) is 11.0 Å². The van der Waals surface area contributed by atoms with Gasteiger partial charge in [-0.05, 0) is 25.5 Å². The molecular formula is C16H19ClN4O3. The summed E-state index contributed by atoms with van der Waals surface area (Å²) < 4.78 is 5.00. The Morgan fingerprint density at radius 1 is 1.38 bits per heavy atom. The molecule has 0 aromatic carbocycles. The second kappa shape index (κ2) is 8.44. The lowest BCUT2D eigenvalue weighted by atomic mass is 10.2. The van der Waals surface area contributed by atoms with Crippen molar-refractivity contribution in [2.45, 2.75) is 33.1 Å². The predicted molar refractivity (Wildman–Crippen MR) is 90.4 cm³/mol. The minimum absolute atomic E-state index is 0.0782. The molecule has 0 saturated heterocycles. The van der Waals surface area contributed by atoms with Gasteiger partial charge in [-0.1, -0.05) is 24.9 Å². The van der Waals surface area contributed by atoms with Gasteiger partial charge >= 0.3 is 5.97 Å². The fourth-order valence-electron chi connectivity index (χ4n) is 2.06. The Bertz CT molecular complexity index is 730. The van der Waals surface area contributed by atoms with E-state index >= 15 is 0 Å². The maximum atomic E-state index is 12.3. The smallest absolute Gasteiger partial charge is 0.358 e. The second-order valence-electron chi connectivity index (χ2n) is 5.03. The third-order valence-electron chi connectivity index (χ3n) is 3.24. The van der Waals surface area contributed by atoms with Crippen molar-refractivity contribution in [3.63, 3.8) is 0 Å². The first kappa shape index (κ1) is 17.9.